The van der Waals surface area contributed by atoms with E-state index in [1.807, 2.05) is 0 Å². The van der Waals surface area contributed by atoms with E-state index in [1.54, 1.807) is 13.3 Å². The zero-order valence-corrected chi connectivity index (χ0v) is 17.9. The minimum atomic E-state index is -0.659. The SMILES string of the molecule is CCCCCCCCCCCC(=O)O.C[CH2][Sn]([CH2]C)[CH2]C. The molecule has 127 valence electrons. The van der Waals surface area contributed by atoms with Gasteiger partial charge in [0.05, 0.1) is 0 Å². The van der Waals surface area contributed by atoms with Crippen LogP contribution in [0.15, 0.2) is 0 Å². The van der Waals surface area contributed by atoms with Crippen LogP contribution in [0.1, 0.15) is 91.9 Å². The Morgan fingerprint density at radius 2 is 1.10 bits per heavy atom. The molecule has 0 aromatic carbocycles. The quantitative estimate of drug-likeness (QED) is 0.279. The van der Waals surface area contributed by atoms with E-state index in [0.29, 0.717) is 6.42 Å². The van der Waals surface area contributed by atoms with E-state index in [-0.39, 0.29) is 0 Å². The van der Waals surface area contributed by atoms with Crippen LogP contribution >= 0.6 is 0 Å². The molecular weight excluding hydrogens is 367 g/mol. The molecule has 0 aromatic heterocycles. The van der Waals surface area contributed by atoms with Gasteiger partial charge in [-0.15, -0.1) is 0 Å². The van der Waals surface area contributed by atoms with E-state index in [1.165, 1.54) is 44.9 Å². The Kier molecular flexibility index (Phi) is 22.7. The number of carboxylic acids is 1. The van der Waals surface area contributed by atoms with Gasteiger partial charge >= 0.3 is 59.8 Å². The zero-order chi connectivity index (χ0) is 16.3. The van der Waals surface area contributed by atoms with Gasteiger partial charge in [-0.1, -0.05) is 58.3 Å². The van der Waals surface area contributed by atoms with Gasteiger partial charge in [-0.2, -0.15) is 0 Å². The number of hydrogen-bond acceptors (Lipinski definition) is 1. The minimum absolute atomic E-state index is 0.343. The Labute approximate surface area is 140 Å². The molecule has 0 fully saturated rings. The van der Waals surface area contributed by atoms with Gasteiger partial charge in [-0.05, 0) is 6.42 Å². The summed E-state index contributed by atoms with van der Waals surface area (Å²) in [7, 11) is 0. The van der Waals surface area contributed by atoms with Gasteiger partial charge in [0.2, 0.25) is 0 Å². The molecule has 0 rings (SSSR count). The second-order valence-corrected chi connectivity index (χ2v) is 16.1. The maximum atomic E-state index is 10.2. The van der Waals surface area contributed by atoms with E-state index in [0.717, 1.165) is 12.8 Å². The van der Waals surface area contributed by atoms with Crippen LogP contribution in [0.25, 0.3) is 0 Å². The van der Waals surface area contributed by atoms with Gasteiger partial charge in [0.15, 0.2) is 0 Å². The van der Waals surface area contributed by atoms with Gasteiger partial charge in [0.1, 0.15) is 0 Å². The molecular formula is C18H39O2Sn. The summed E-state index contributed by atoms with van der Waals surface area (Å²) in [5, 5.41) is 8.41. The van der Waals surface area contributed by atoms with Crippen molar-refractivity contribution in [2.75, 3.05) is 0 Å². The van der Waals surface area contributed by atoms with Crippen molar-refractivity contribution in [3.05, 3.63) is 0 Å². The molecule has 0 aromatic rings. The van der Waals surface area contributed by atoms with Crippen molar-refractivity contribution in [1.82, 2.24) is 0 Å². The first kappa shape index (κ1) is 23.5. The molecule has 0 aliphatic heterocycles. The third-order valence-corrected chi connectivity index (χ3v) is 12.6. The van der Waals surface area contributed by atoms with Crippen molar-refractivity contribution in [3.63, 3.8) is 0 Å². The van der Waals surface area contributed by atoms with Crippen LogP contribution in [-0.4, -0.2) is 30.8 Å². The number of hydrogen-bond donors (Lipinski definition) is 1. The van der Waals surface area contributed by atoms with Crippen molar-refractivity contribution in [2.45, 2.75) is 105 Å². The molecule has 21 heavy (non-hydrogen) atoms. The van der Waals surface area contributed by atoms with Gasteiger partial charge in [0, 0.05) is 6.42 Å². The molecule has 0 bridgehead atoms. The molecule has 0 atom stereocenters. The molecule has 0 saturated heterocycles. The summed E-state index contributed by atoms with van der Waals surface area (Å²) in [6.07, 6.45) is 11.5. The van der Waals surface area contributed by atoms with Crippen molar-refractivity contribution in [2.24, 2.45) is 0 Å². The van der Waals surface area contributed by atoms with Crippen molar-refractivity contribution in [3.8, 4) is 0 Å². The predicted octanol–water partition coefficient (Wildman–Crippen LogP) is 6.53. The number of carboxylic acid groups (broad SMARTS) is 1. The molecule has 0 amide bonds. The van der Waals surface area contributed by atoms with E-state index in [9.17, 15) is 4.79 Å². The third kappa shape index (κ3) is 22.7. The fourth-order valence-corrected chi connectivity index (χ4v) is 6.62. The van der Waals surface area contributed by atoms with Crippen LogP contribution in [0.3, 0.4) is 0 Å². The van der Waals surface area contributed by atoms with Gasteiger partial charge in [-0.3, -0.25) is 4.79 Å². The second-order valence-electron chi connectivity index (χ2n) is 5.78. The molecule has 0 aliphatic rings. The monoisotopic (exact) mass is 407 g/mol. The number of aliphatic carboxylic acids is 1. The van der Waals surface area contributed by atoms with Crippen molar-refractivity contribution >= 4 is 25.7 Å². The molecule has 2 nitrogen and oxygen atoms in total. The van der Waals surface area contributed by atoms with Crippen LogP contribution in [-0.2, 0) is 4.79 Å². The van der Waals surface area contributed by atoms with Crippen molar-refractivity contribution < 1.29 is 9.90 Å². The first-order valence-electron chi connectivity index (χ1n) is 9.17. The standard InChI is InChI=1S/C12H24O2.3C2H5.Sn/c1-2-3-4-5-6-7-8-9-10-11-12(13)14;3*1-2;/h2-11H2,1H3,(H,13,14);3*1H2,2H3;. The average Bonchev–Trinajstić information content (AvgIpc) is 2.48. The number of carbonyl (C=O) groups is 1. The molecule has 0 aliphatic carbocycles. The topological polar surface area (TPSA) is 37.3 Å². The molecule has 1 radical (unpaired) electrons. The predicted molar refractivity (Wildman–Crippen MR) is 96.7 cm³/mol. The van der Waals surface area contributed by atoms with Crippen molar-refractivity contribution in [1.29, 1.82) is 0 Å². The fourth-order valence-electron chi connectivity index (χ4n) is 2.34. The van der Waals surface area contributed by atoms with E-state index in [4.69, 9.17) is 5.11 Å². The summed E-state index contributed by atoms with van der Waals surface area (Å²) < 4.78 is 4.65. The van der Waals surface area contributed by atoms with E-state index < -0.39 is 25.7 Å². The molecule has 0 saturated carbocycles. The molecule has 0 heterocycles. The zero-order valence-electron chi connectivity index (χ0n) is 15.0. The molecule has 0 spiro atoms. The Bertz CT molecular complexity index is 198. The first-order valence-corrected chi connectivity index (χ1v) is 15.2. The summed E-state index contributed by atoms with van der Waals surface area (Å²) in [4.78, 5) is 10.2. The van der Waals surface area contributed by atoms with Gasteiger partial charge in [-0.25, -0.2) is 0 Å². The summed E-state index contributed by atoms with van der Waals surface area (Å²) in [6, 6.07) is 0. The van der Waals surface area contributed by atoms with Crippen LogP contribution < -0.4 is 0 Å². The fraction of sp³-hybridized carbons (Fsp3) is 0.944. The molecule has 0 unspecified atom stereocenters. The summed E-state index contributed by atoms with van der Waals surface area (Å²) in [5.41, 5.74) is 0. The number of rotatable bonds is 13. The molecule has 3 heteroatoms. The van der Waals surface area contributed by atoms with E-state index in [2.05, 4.69) is 27.7 Å². The Hall–Kier alpha value is 0.269. The first-order chi connectivity index (χ1) is 10.1. The third-order valence-electron chi connectivity index (χ3n) is 3.99. The average molecular weight is 406 g/mol. The van der Waals surface area contributed by atoms with Crippen LogP contribution in [0, 0.1) is 0 Å². The van der Waals surface area contributed by atoms with E-state index >= 15 is 0 Å². The van der Waals surface area contributed by atoms with Crippen LogP contribution in [0.5, 0.6) is 0 Å². The Morgan fingerprint density at radius 3 is 1.38 bits per heavy atom. The second kappa shape index (κ2) is 20.3. The number of unbranched alkanes of at least 4 members (excludes halogenated alkanes) is 8. The Balaban J connectivity index is 0. The molecule has 1 N–H and O–H groups in total. The van der Waals surface area contributed by atoms with Gasteiger partial charge in [0.25, 0.3) is 0 Å². The van der Waals surface area contributed by atoms with Crippen LogP contribution in [0.4, 0.5) is 0 Å². The van der Waals surface area contributed by atoms with Crippen LogP contribution in [0.2, 0.25) is 13.3 Å². The summed E-state index contributed by atoms with van der Waals surface area (Å²) in [5.74, 6) is -0.659. The summed E-state index contributed by atoms with van der Waals surface area (Å²) in [6.45, 7) is 9.28. The normalized spacial score (nSPS) is 10.3. The van der Waals surface area contributed by atoms with Gasteiger partial charge < -0.3 is 5.11 Å². The summed E-state index contributed by atoms with van der Waals surface area (Å²) >= 11 is -0.653. The maximum absolute atomic E-state index is 10.2. The Morgan fingerprint density at radius 1 is 0.714 bits per heavy atom.